The van der Waals surface area contributed by atoms with Crippen molar-refractivity contribution in [2.45, 2.75) is 32.7 Å². The number of nitrogens with one attached hydrogen (secondary N) is 2. The number of fused-ring (bicyclic) bond motifs is 1. The number of amides is 1. The average Bonchev–Trinajstić information content (AvgIpc) is 2.74. The van der Waals surface area contributed by atoms with Crippen molar-refractivity contribution in [3.8, 4) is 0 Å². The van der Waals surface area contributed by atoms with Crippen LogP contribution in [0.2, 0.25) is 5.28 Å². The normalized spacial score (nSPS) is 11.6. The molecule has 2 aromatic heterocycles. The Morgan fingerprint density at radius 1 is 1.40 bits per heavy atom. The Labute approximate surface area is 126 Å². The Hall–Kier alpha value is -1.40. The molecular weight excluding hydrogens is 296 g/mol. The minimum absolute atomic E-state index is 0.00622. The van der Waals surface area contributed by atoms with Gasteiger partial charge < -0.3 is 10.6 Å². The highest BCUT2D eigenvalue weighted by Gasteiger charge is 2.13. The van der Waals surface area contributed by atoms with Crippen molar-refractivity contribution in [2.75, 3.05) is 11.9 Å². The van der Waals surface area contributed by atoms with Crippen molar-refractivity contribution in [1.29, 1.82) is 0 Å². The van der Waals surface area contributed by atoms with Crippen LogP contribution in [0.5, 0.6) is 0 Å². The van der Waals surface area contributed by atoms with E-state index in [2.05, 4.69) is 20.6 Å². The Morgan fingerprint density at radius 3 is 2.85 bits per heavy atom. The second kappa shape index (κ2) is 5.93. The summed E-state index contributed by atoms with van der Waals surface area (Å²) in [6, 6.07) is 1.94. The Morgan fingerprint density at radius 2 is 2.15 bits per heavy atom. The van der Waals surface area contributed by atoms with Crippen LogP contribution in [0.15, 0.2) is 11.4 Å². The molecule has 2 rings (SSSR count). The Balaban J connectivity index is 1.96. The van der Waals surface area contributed by atoms with Crippen molar-refractivity contribution >= 4 is 44.9 Å². The second-order valence-electron chi connectivity index (χ2n) is 5.46. The Bertz CT molecular complexity index is 620. The third-order valence-electron chi connectivity index (χ3n) is 2.46. The van der Waals surface area contributed by atoms with Gasteiger partial charge in [0.1, 0.15) is 10.6 Å². The van der Waals surface area contributed by atoms with Gasteiger partial charge in [-0.2, -0.15) is 0 Å². The molecular formula is C13H17ClN4OS. The van der Waals surface area contributed by atoms with E-state index in [4.69, 9.17) is 11.6 Å². The lowest BCUT2D eigenvalue weighted by Crippen LogP contribution is -2.41. The number of nitrogens with zero attached hydrogens (tertiary/aromatic N) is 2. The number of anilines is 1. The molecule has 0 aliphatic heterocycles. The molecule has 2 N–H and O–H groups in total. The fourth-order valence-corrected chi connectivity index (χ4v) is 2.72. The predicted molar refractivity (Wildman–Crippen MR) is 83.4 cm³/mol. The van der Waals surface area contributed by atoms with Crippen molar-refractivity contribution in [3.63, 3.8) is 0 Å². The summed E-state index contributed by atoms with van der Waals surface area (Å²) in [7, 11) is 0. The summed E-state index contributed by atoms with van der Waals surface area (Å²) in [5, 5.41) is 9.13. The summed E-state index contributed by atoms with van der Waals surface area (Å²) >= 11 is 7.38. The first-order chi connectivity index (χ1) is 9.35. The fourth-order valence-electron chi connectivity index (χ4n) is 1.74. The van der Waals surface area contributed by atoms with Crippen molar-refractivity contribution < 1.29 is 4.79 Å². The van der Waals surface area contributed by atoms with Gasteiger partial charge in [0.25, 0.3) is 0 Å². The first-order valence-corrected chi connectivity index (χ1v) is 7.56. The highest BCUT2D eigenvalue weighted by Crippen LogP contribution is 2.26. The van der Waals surface area contributed by atoms with E-state index in [0.29, 0.717) is 18.8 Å². The molecule has 2 heterocycles. The SMILES string of the molecule is CC(C)(C)NC(=O)CCNc1nc(Cl)nc2sccc12. The largest absolute Gasteiger partial charge is 0.369 e. The number of hydrogen-bond donors (Lipinski definition) is 2. The van der Waals surface area contributed by atoms with Crippen LogP contribution >= 0.6 is 22.9 Å². The smallest absolute Gasteiger partial charge is 0.225 e. The summed E-state index contributed by atoms with van der Waals surface area (Å²) in [5.74, 6) is 0.677. The molecule has 0 bridgehead atoms. The van der Waals surface area contributed by atoms with Crippen LogP contribution in [0.1, 0.15) is 27.2 Å². The van der Waals surface area contributed by atoms with E-state index in [9.17, 15) is 4.79 Å². The zero-order valence-corrected chi connectivity index (χ0v) is 13.2. The zero-order valence-electron chi connectivity index (χ0n) is 11.7. The molecule has 20 heavy (non-hydrogen) atoms. The molecule has 0 saturated heterocycles. The number of halogens is 1. The highest BCUT2D eigenvalue weighted by atomic mass is 35.5. The molecule has 0 spiro atoms. The van der Waals surface area contributed by atoms with Crippen LogP contribution in [0, 0.1) is 0 Å². The van der Waals surface area contributed by atoms with Crippen LogP contribution in [0.25, 0.3) is 10.2 Å². The van der Waals surface area contributed by atoms with E-state index in [1.54, 1.807) is 0 Å². The molecule has 0 atom stereocenters. The maximum Gasteiger partial charge on any atom is 0.225 e. The molecule has 0 fully saturated rings. The molecule has 0 aliphatic carbocycles. The summed E-state index contributed by atoms with van der Waals surface area (Å²) in [6.45, 7) is 6.37. The van der Waals surface area contributed by atoms with E-state index >= 15 is 0 Å². The summed E-state index contributed by atoms with van der Waals surface area (Å²) in [4.78, 5) is 20.9. The number of hydrogen-bond acceptors (Lipinski definition) is 5. The van der Waals surface area contributed by atoms with Gasteiger partial charge in [-0.3, -0.25) is 4.79 Å². The third-order valence-corrected chi connectivity index (χ3v) is 3.43. The molecule has 1 amide bonds. The molecule has 108 valence electrons. The molecule has 7 heteroatoms. The summed E-state index contributed by atoms with van der Waals surface area (Å²) in [6.07, 6.45) is 0.379. The number of carbonyl (C=O) groups excluding carboxylic acids is 1. The molecule has 0 radical (unpaired) electrons. The predicted octanol–water partition coefficient (Wildman–Crippen LogP) is 3.06. The summed E-state index contributed by atoms with van der Waals surface area (Å²) < 4.78 is 0. The quantitative estimate of drug-likeness (QED) is 0.852. The molecule has 0 unspecified atom stereocenters. The number of rotatable bonds is 4. The maximum atomic E-state index is 11.7. The number of aromatic nitrogens is 2. The molecule has 0 aromatic carbocycles. The van der Waals surface area contributed by atoms with Crippen LogP contribution in [-0.2, 0) is 4.79 Å². The van der Waals surface area contributed by atoms with Crippen LogP contribution in [0.3, 0.4) is 0 Å². The topological polar surface area (TPSA) is 66.9 Å². The second-order valence-corrected chi connectivity index (χ2v) is 6.69. The lowest BCUT2D eigenvalue weighted by Gasteiger charge is -2.20. The summed E-state index contributed by atoms with van der Waals surface area (Å²) in [5.41, 5.74) is -0.212. The minimum Gasteiger partial charge on any atom is -0.369 e. The van der Waals surface area contributed by atoms with E-state index < -0.39 is 0 Å². The molecule has 0 saturated carbocycles. The lowest BCUT2D eigenvalue weighted by molar-refractivity contribution is -0.122. The zero-order chi connectivity index (χ0) is 14.8. The van der Waals surface area contributed by atoms with Gasteiger partial charge in [-0.05, 0) is 43.8 Å². The number of thiophene rings is 1. The monoisotopic (exact) mass is 312 g/mol. The fraction of sp³-hybridized carbons (Fsp3) is 0.462. The molecule has 0 aliphatic rings. The van der Waals surface area contributed by atoms with Gasteiger partial charge in [0.2, 0.25) is 11.2 Å². The van der Waals surface area contributed by atoms with E-state index in [0.717, 1.165) is 10.2 Å². The van der Waals surface area contributed by atoms with Gasteiger partial charge in [0, 0.05) is 18.5 Å². The molecule has 5 nitrogen and oxygen atoms in total. The third kappa shape index (κ3) is 4.05. The minimum atomic E-state index is -0.212. The Kier molecular flexibility index (Phi) is 4.45. The standard InChI is InChI=1S/C13H17ClN4OS/c1-13(2,3)18-9(19)4-6-15-10-8-5-7-20-11(8)17-12(14)16-10/h5,7H,4,6H2,1-3H3,(H,18,19)(H,15,16,17). The van der Waals surface area contributed by atoms with Gasteiger partial charge in [-0.25, -0.2) is 9.97 Å². The van der Waals surface area contributed by atoms with Gasteiger partial charge in [0.15, 0.2) is 0 Å². The van der Waals surface area contributed by atoms with Gasteiger partial charge in [0.05, 0.1) is 5.39 Å². The van der Waals surface area contributed by atoms with Crippen LogP contribution < -0.4 is 10.6 Å². The van der Waals surface area contributed by atoms with Crippen molar-refractivity contribution in [1.82, 2.24) is 15.3 Å². The van der Waals surface area contributed by atoms with E-state index in [1.165, 1.54) is 11.3 Å². The van der Waals surface area contributed by atoms with E-state index in [-0.39, 0.29) is 16.7 Å². The van der Waals surface area contributed by atoms with E-state index in [1.807, 2.05) is 32.2 Å². The van der Waals surface area contributed by atoms with Crippen LogP contribution in [-0.4, -0.2) is 28.0 Å². The van der Waals surface area contributed by atoms with Crippen molar-refractivity contribution in [3.05, 3.63) is 16.7 Å². The lowest BCUT2D eigenvalue weighted by atomic mass is 10.1. The highest BCUT2D eigenvalue weighted by molar-refractivity contribution is 7.16. The van der Waals surface area contributed by atoms with Gasteiger partial charge >= 0.3 is 0 Å². The van der Waals surface area contributed by atoms with Crippen molar-refractivity contribution in [2.24, 2.45) is 0 Å². The van der Waals surface area contributed by atoms with Gasteiger partial charge in [-0.1, -0.05) is 0 Å². The molecule has 2 aromatic rings. The first kappa shape index (κ1) is 15.0. The average molecular weight is 313 g/mol. The van der Waals surface area contributed by atoms with Crippen LogP contribution in [0.4, 0.5) is 5.82 Å². The van der Waals surface area contributed by atoms with Gasteiger partial charge in [-0.15, -0.1) is 11.3 Å². The number of carbonyl (C=O) groups is 1. The first-order valence-electron chi connectivity index (χ1n) is 6.31. The maximum absolute atomic E-state index is 11.7.